The molecule has 0 aliphatic heterocycles. The number of carbonyl (C=O) groups excluding carboxylic acids is 2. The van der Waals surface area contributed by atoms with Crippen LogP contribution in [0.15, 0.2) is 102 Å². The van der Waals surface area contributed by atoms with E-state index in [1.54, 1.807) is 36.4 Å². The van der Waals surface area contributed by atoms with Crippen molar-refractivity contribution >= 4 is 73.9 Å². The summed E-state index contributed by atoms with van der Waals surface area (Å²) in [6.45, 7) is 3.08. The minimum atomic E-state index is -4.31. The summed E-state index contributed by atoms with van der Waals surface area (Å²) < 4.78 is 29.2. The maximum atomic E-state index is 14.5. The molecule has 0 aliphatic carbocycles. The predicted molar refractivity (Wildman–Crippen MR) is 186 cm³/mol. The van der Waals surface area contributed by atoms with E-state index in [0.29, 0.717) is 27.1 Å². The van der Waals surface area contributed by atoms with Crippen LogP contribution in [0.25, 0.3) is 0 Å². The minimum absolute atomic E-state index is 0.0766. The zero-order valence-corrected chi connectivity index (χ0v) is 29.0. The smallest absolute Gasteiger partial charge is 0.264 e. The third-order valence-electron chi connectivity index (χ3n) is 7.40. The molecule has 0 fully saturated rings. The molecule has 0 spiro atoms. The van der Waals surface area contributed by atoms with Crippen LogP contribution in [-0.2, 0) is 32.6 Å². The largest absolute Gasteiger partial charge is 0.352 e. The fraction of sp³-hybridized carbons (Fsp3) is 0.235. The summed E-state index contributed by atoms with van der Waals surface area (Å²) in [5.74, 6) is -1.02. The highest BCUT2D eigenvalue weighted by molar-refractivity contribution is 7.92. The van der Waals surface area contributed by atoms with E-state index in [9.17, 15) is 18.0 Å². The summed E-state index contributed by atoms with van der Waals surface area (Å²) >= 11 is 25.0. The molecule has 0 heterocycles. The number of benzene rings is 4. The van der Waals surface area contributed by atoms with E-state index in [1.807, 2.05) is 44.2 Å². The molecule has 2 amide bonds. The Labute approximate surface area is 290 Å². The molecule has 7 nitrogen and oxygen atoms in total. The average molecular weight is 722 g/mol. The van der Waals surface area contributed by atoms with Crippen LogP contribution >= 0.6 is 46.4 Å². The van der Waals surface area contributed by atoms with Crippen molar-refractivity contribution in [3.63, 3.8) is 0 Å². The SMILES string of the molecule is CC[C@@H](C)NC(=O)[C@H](Cc1ccccc1)N(Cc1ccc(Cl)cc1Cl)C(=O)CN(c1cccc(Cl)c1)S(=O)(=O)c1ccc(Cl)cc1. The van der Waals surface area contributed by atoms with Crippen molar-refractivity contribution < 1.29 is 18.0 Å². The van der Waals surface area contributed by atoms with Gasteiger partial charge in [0.1, 0.15) is 12.6 Å². The van der Waals surface area contributed by atoms with Crippen LogP contribution in [-0.4, -0.2) is 43.8 Å². The van der Waals surface area contributed by atoms with E-state index in [1.165, 1.54) is 35.2 Å². The van der Waals surface area contributed by atoms with Gasteiger partial charge >= 0.3 is 0 Å². The molecule has 0 aromatic heterocycles. The Morgan fingerprint density at radius 1 is 0.804 bits per heavy atom. The van der Waals surface area contributed by atoms with Gasteiger partial charge in [-0.2, -0.15) is 0 Å². The molecule has 0 bridgehead atoms. The molecule has 2 atom stereocenters. The van der Waals surface area contributed by atoms with E-state index in [4.69, 9.17) is 46.4 Å². The monoisotopic (exact) mass is 719 g/mol. The van der Waals surface area contributed by atoms with Gasteiger partial charge in [0.2, 0.25) is 11.8 Å². The Morgan fingerprint density at radius 2 is 1.46 bits per heavy atom. The Hall–Kier alpha value is -3.27. The number of nitrogens with one attached hydrogen (secondary N) is 1. The van der Waals surface area contributed by atoms with Crippen molar-refractivity contribution in [1.82, 2.24) is 10.2 Å². The molecule has 4 aromatic rings. The van der Waals surface area contributed by atoms with Crippen LogP contribution < -0.4 is 9.62 Å². The van der Waals surface area contributed by atoms with Crippen LogP contribution in [0, 0.1) is 0 Å². The second-order valence-corrected chi connectivity index (χ2v) is 14.3. The number of carbonyl (C=O) groups is 2. The summed E-state index contributed by atoms with van der Waals surface area (Å²) in [6.07, 6.45) is 0.837. The standard InChI is InChI=1S/C34H33Cl4N3O4S/c1-3-23(2)39-34(43)32(18-24-8-5-4-6-9-24)40(21-25-12-13-28(37)20-31(25)38)33(42)22-41(29-11-7-10-27(36)19-29)46(44,45)30-16-14-26(35)15-17-30/h4-17,19-20,23,32H,3,18,21-22H2,1-2H3,(H,39,43)/t23-,32+/m1/s1. The van der Waals surface area contributed by atoms with E-state index in [2.05, 4.69) is 5.32 Å². The van der Waals surface area contributed by atoms with E-state index >= 15 is 0 Å². The molecule has 12 heteroatoms. The summed E-state index contributed by atoms with van der Waals surface area (Å²) in [5.41, 5.74) is 1.51. The first-order valence-corrected chi connectivity index (χ1v) is 17.5. The lowest BCUT2D eigenvalue weighted by Gasteiger charge is -2.34. The lowest BCUT2D eigenvalue weighted by Crippen LogP contribution is -2.54. The Morgan fingerprint density at radius 3 is 2.09 bits per heavy atom. The van der Waals surface area contributed by atoms with E-state index < -0.39 is 28.5 Å². The number of amides is 2. The van der Waals surface area contributed by atoms with Crippen LogP contribution in [0.5, 0.6) is 0 Å². The van der Waals surface area contributed by atoms with Crippen LogP contribution in [0.4, 0.5) is 5.69 Å². The molecule has 0 saturated carbocycles. The van der Waals surface area contributed by atoms with Gasteiger partial charge in [0.25, 0.3) is 10.0 Å². The highest BCUT2D eigenvalue weighted by Crippen LogP contribution is 2.29. The van der Waals surface area contributed by atoms with Crippen molar-refractivity contribution in [2.45, 2.75) is 50.2 Å². The number of rotatable bonds is 13. The van der Waals surface area contributed by atoms with Gasteiger partial charge in [-0.05, 0) is 79.1 Å². The quantitative estimate of drug-likeness (QED) is 0.152. The molecule has 0 saturated heterocycles. The first kappa shape index (κ1) is 35.6. The summed E-state index contributed by atoms with van der Waals surface area (Å²) in [4.78, 5) is 29.7. The maximum Gasteiger partial charge on any atom is 0.264 e. The second kappa shape index (κ2) is 16.0. The first-order chi connectivity index (χ1) is 21.9. The van der Waals surface area contributed by atoms with Gasteiger partial charge in [-0.3, -0.25) is 13.9 Å². The fourth-order valence-electron chi connectivity index (χ4n) is 4.72. The van der Waals surface area contributed by atoms with Crippen molar-refractivity contribution in [3.05, 3.63) is 128 Å². The number of hydrogen-bond acceptors (Lipinski definition) is 4. The lowest BCUT2D eigenvalue weighted by atomic mass is 10.0. The first-order valence-electron chi connectivity index (χ1n) is 14.5. The maximum absolute atomic E-state index is 14.5. The number of sulfonamides is 1. The molecular formula is C34H33Cl4N3O4S. The van der Waals surface area contributed by atoms with Crippen LogP contribution in [0.2, 0.25) is 20.1 Å². The minimum Gasteiger partial charge on any atom is -0.352 e. The molecule has 0 aliphatic rings. The van der Waals surface area contributed by atoms with Crippen LogP contribution in [0.3, 0.4) is 0 Å². The Bertz CT molecular complexity index is 1770. The van der Waals surface area contributed by atoms with E-state index in [0.717, 1.165) is 9.87 Å². The normalized spacial score (nSPS) is 12.7. The Kier molecular flexibility index (Phi) is 12.4. The molecule has 46 heavy (non-hydrogen) atoms. The van der Waals surface area contributed by atoms with Gasteiger partial charge < -0.3 is 10.2 Å². The van der Waals surface area contributed by atoms with Gasteiger partial charge in [0.15, 0.2) is 0 Å². The van der Waals surface area contributed by atoms with Crippen LogP contribution in [0.1, 0.15) is 31.4 Å². The lowest BCUT2D eigenvalue weighted by molar-refractivity contribution is -0.140. The van der Waals surface area contributed by atoms with Gasteiger partial charge in [-0.1, -0.05) is 95.8 Å². The van der Waals surface area contributed by atoms with Crippen molar-refractivity contribution in [3.8, 4) is 0 Å². The van der Waals surface area contributed by atoms with Gasteiger partial charge in [0.05, 0.1) is 10.6 Å². The number of hydrogen-bond donors (Lipinski definition) is 1. The summed E-state index contributed by atoms with van der Waals surface area (Å²) in [7, 11) is -4.31. The number of anilines is 1. The average Bonchev–Trinajstić information content (AvgIpc) is 3.02. The molecule has 1 N–H and O–H groups in total. The molecule has 0 unspecified atom stereocenters. The molecular weight excluding hydrogens is 688 g/mol. The molecule has 0 radical (unpaired) electrons. The molecule has 4 rings (SSSR count). The second-order valence-electron chi connectivity index (χ2n) is 10.7. The van der Waals surface area contributed by atoms with E-state index in [-0.39, 0.29) is 40.5 Å². The van der Waals surface area contributed by atoms with Crippen molar-refractivity contribution in [1.29, 1.82) is 0 Å². The summed E-state index contributed by atoms with van der Waals surface area (Å²) in [5, 5.41) is 4.34. The highest BCUT2D eigenvalue weighted by Gasteiger charge is 2.35. The predicted octanol–water partition coefficient (Wildman–Crippen LogP) is 8.05. The summed E-state index contributed by atoms with van der Waals surface area (Å²) in [6, 6.07) is 24.8. The molecule has 4 aromatic carbocycles. The molecule has 242 valence electrons. The van der Waals surface area contributed by atoms with Gasteiger partial charge in [0, 0.05) is 39.1 Å². The third-order valence-corrected chi connectivity index (χ3v) is 10.3. The topological polar surface area (TPSA) is 86.8 Å². The van der Waals surface area contributed by atoms with Crippen molar-refractivity contribution in [2.24, 2.45) is 0 Å². The Balaban J connectivity index is 1.83. The van der Waals surface area contributed by atoms with Crippen molar-refractivity contribution in [2.75, 3.05) is 10.8 Å². The van der Waals surface area contributed by atoms with Gasteiger partial charge in [-0.15, -0.1) is 0 Å². The van der Waals surface area contributed by atoms with Gasteiger partial charge in [-0.25, -0.2) is 8.42 Å². The fourth-order valence-corrected chi connectivity index (χ4v) is 6.91. The highest BCUT2D eigenvalue weighted by atomic mass is 35.5. The third kappa shape index (κ3) is 9.17. The zero-order chi connectivity index (χ0) is 33.4. The number of halogens is 4. The number of nitrogens with zero attached hydrogens (tertiary/aromatic N) is 2. The zero-order valence-electron chi connectivity index (χ0n) is 25.2.